The van der Waals surface area contributed by atoms with E-state index in [0.717, 1.165) is 40.2 Å². The molecule has 2 aliphatic heterocycles. The highest BCUT2D eigenvalue weighted by atomic mass is 32.2. The summed E-state index contributed by atoms with van der Waals surface area (Å²) in [4.78, 5) is 2.18. The second-order valence-corrected chi connectivity index (χ2v) is 7.17. The maximum Gasteiger partial charge on any atom is 0.316 e. The molecule has 2 aliphatic rings. The lowest BCUT2D eigenvalue weighted by Gasteiger charge is -2.23. The molecule has 0 saturated heterocycles. The first-order chi connectivity index (χ1) is 12.2. The van der Waals surface area contributed by atoms with E-state index in [1.807, 2.05) is 48.5 Å². The Morgan fingerprint density at radius 1 is 1.00 bits per heavy atom. The number of aliphatic hydroxyl groups is 1. The summed E-state index contributed by atoms with van der Waals surface area (Å²) in [6.45, 7) is 1.32. The highest BCUT2D eigenvalue weighted by molar-refractivity contribution is 8.14. The van der Waals surface area contributed by atoms with Crippen molar-refractivity contribution in [2.75, 3.05) is 38.0 Å². The van der Waals surface area contributed by atoms with Crippen LogP contribution < -0.4 is 14.4 Å². The number of rotatable bonds is 4. The van der Waals surface area contributed by atoms with Crippen molar-refractivity contribution in [3.05, 3.63) is 54.1 Å². The van der Waals surface area contributed by atoms with Crippen LogP contribution in [-0.2, 0) is 5.72 Å². The van der Waals surface area contributed by atoms with Gasteiger partial charge < -0.3 is 14.6 Å². The molecular formula is C19H21N2O3S+. The van der Waals surface area contributed by atoms with Gasteiger partial charge in [-0.25, -0.2) is 9.48 Å². The van der Waals surface area contributed by atoms with Gasteiger partial charge in [0.1, 0.15) is 17.2 Å². The van der Waals surface area contributed by atoms with Crippen LogP contribution in [-0.4, -0.2) is 47.9 Å². The molecule has 0 amide bonds. The van der Waals surface area contributed by atoms with Gasteiger partial charge in [0.25, 0.3) is 5.72 Å². The minimum absolute atomic E-state index is 0.494. The minimum atomic E-state index is -1.04. The van der Waals surface area contributed by atoms with Crippen molar-refractivity contribution in [3.63, 3.8) is 0 Å². The maximum absolute atomic E-state index is 11.5. The van der Waals surface area contributed by atoms with Gasteiger partial charge in [-0.2, -0.15) is 0 Å². The molecule has 2 aromatic carbocycles. The third kappa shape index (κ3) is 2.65. The fraction of sp³-hybridized carbons (Fsp3) is 0.316. The maximum atomic E-state index is 11.5. The first-order valence-corrected chi connectivity index (χ1v) is 9.20. The summed E-state index contributed by atoms with van der Waals surface area (Å²) in [5.74, 6) is 2.59. The summed E-state index contributed by atoms with van der Waals surface area (Å²) in [6, 6.07) is 15.6. The van der Waals surface area contributed by atoms with Gasteiger partial charge in [-0.3, -0.25) is 0 Å². The fourth-order valence-corrected chi connectivity index (χ4v) is 4.59. The van der Waals surface area contributed by atoms with Gasteiger partial charge in [-0.15, -0.1) is 0 Å². The van der Waals surface area contributed by atoms with Crippen molar-refractivity contribution in [1.82, 2.24) is 0 Å². The molecule has 4 rings (SSSR count). The van der Waals surface area contributed by atoms with E-state index in [9.17, 15) is 5.11 Å². The zero-order valence-electron chi connectivity index (χ0n) is 14.3. The van der Waals surface area contributed by atoms with E-state index in [2.05, 4.69) is 9.48 Å². The second kappa shape index (κ2) is 6.28. The van der Waals surface area contributed by atoms with Gasteiger partial charge in [0.15, 0.2) is 6.54 Å². The van der Waals surface area contributed by atoms with Gasteiger partial charge in [0.05, 0.1) is 20.8 Å². The lowest BCUT2D eigenvalue weighted by atomic mass is 10.0. The van der Waals surface area contributed by atoms with E-state index in [1.54, 1.807) is 26.0 Å². The number of hydrogen-bond donors (Lipinski definition) is 1. The Kier molecular flexibility index (Phi) is 4.09. The van der Waals surface area contributed by atoms with Crippen LogP contribution in [0.2, 0.25) is 0 Å². The Morgan fingerprint density at radius 2 is 1.60 bits per heavy atom. The third-order valence-electron chi connectivity index (χ3n) is 4.77. The molecule has 0 saturated carbocycles. The Labute approximate surface area is 151 Å². The SMILES string of the molecule is COc1ccc(N2CC(O)(c3ccc(OC)cc3)[N+]3=C2SCC3)cc1. The highest BCUT2D eigenvalue weighted by Gasteiger charge is 2.54. The molecule has 0 fully saturated rings. The van der Waals surface area contributed by atoms with Crippen LogP contribution in [0.1, 0.15) is 5.56 Å². The predicted octanol–water partition coefficient (Wildman–Crippen LogP) is 2.48. The van der Waals surface area contributed by atoms with Crippen molar-refractivity contribution in [2.45, 2.75) is 5.72 Å². The summed E-state index contributed by atoms with van der Waals surface area (Å²) < 4.78 is 12.6. The molecule has 0 bridgehead atoms. The quantitative estimate of drug-likeness (QED) is 0.852. The molecule has 0 radical (unpaired) electrons. The first kappa shape index (κ1) is 16.3. The van der Waals surface area contributed by atoms with E-state index < -0.39 is 5.72 Å². The van der Waals surface area contributed by atoms with Crippen molar-refractivity contribution < 1.29 is 19.2 Å². The Balaban J connectivity index is 1.70. The molecule has 5 nitrogen and oxygen atoms in total. The first-order valence-electron chi connectivity index (χ1n) is 8.21. The second-order valence-electron chi connectivity index (χ2n) is 6.11. The number of thioether (sulfide) groups is 1. The topological polar surface area (TPSA) is 44.9 Å². The largest absolute Gasteiger partial charge is 0.497 e. The summed E-state index contributed by atoms with van der Waals surface area (Å²) in [7, 11) is 3.31. The molecule has 0 aliphatic carbocycles. The molecular weight excluding hydrogens is 336 g/mol. The third-order valence-corrected chi connectivity index (χ3v) is 5.86. The van der Waals surface area contributed by atoms with Crippen molar-refractivity contribution in [3.8, 4) is 11.5 Å². The summed E-state index contributed by atoms with van der Waals surface area (Å²) in [6.07, 6.45) is 0. The van der Waals surface area contributed by atoms with Crippen LogP contribution in [0.15, 0.2) is 48.5 Å². The minimum Gasteiger partial charge on any atom is -0.497 e. The lowest BCUT2D eigenvalue weighted by molar-refractivity contribution is -0.650. The highest BCUT2D eigenvalue weighted by Crippen LogP contribution is 2.38. The van der Waals surface area contributed by atoms with E-state index in [4.69, 9.17) is 9.47 Å². The smallest absolute Gasteiger partial charge is 0.316 e. The van der Waals surface area contributed by atoms with Crippen LogP contribution in [0.5, 0.6) is 11.5 Å². The monoisotopic (exact) mass is 357 g/mol. The van der Waals surface area contributed by atoms with Crippen molar-refractivity contribution >= 4 is 22.6 Å². The summed E-state index contributed by atoms with van der Waals surface area (Å²) in [5, 5.41) is 12.6. The molecule has 0 aromatic heterocycles. The van der Waals surface area contributed by atoms with E-state index >= 15 is 0 Å². The zero-order valence-corrected chi connectivity index (χ0v) is 15.1. The fourth-order valence-electron chi connectivity index (χ4n) is 3.41. The lowest BCUT2D eigenvalue weighted by Crippen LogP contribution is -2.41. The van der Waals surface area contributed by atoms with Crippen LogP contribution in [0, 0.1) is 0 Å². The molecule has 2 aromatic rings. The van der Waals surface area contributed by atoms with E-state index in [-0.39, 0.29) is 0 Å². The summed E-state index contributed by atoms with van der Waals surface area (Å²) in [5.41, 5.74) is 0.898. The van der Waals surface area contributed by atoms with Gasteiger partial charge in [-0.1, -0.05) is 0 Å². The molecule has 25 heavy (non-hydrogen) atoms. The predicted molar refractivity (Wildman–Crippen MR) is 99.8 cm³/mol. The van der Waals surface area contributed by atoms with Crippen molar-refractivity contribution in [2.24, 2.45) is 0 Å². The average molecular weight is 357 g/mol. The van der Waals surface area contributed by atoms with Crippen LogP contribution in [0.4, 0.5) is 5.69 Å². The zero-order chi connectivity index (χ0) is 17.4. The van der Waals surface area contributed by atoms with Crippen LogP contribution in [0.25, 0.3) is 0 Å². The molecule has 1 unspecified atom stereocenters. The molecule has 6 heteroatoms. The number of benzene rings is 2. The molecule has 2 heterocycles. The van der Waals surface area contributed by atoms with Gasteiger partial charge in [0, 0.05) is 11.3 Å². The van der Waals surface area contributed by atoms with Gasteiger partial charge >= 0.3 is 5.17 Å². The average Bonchev–Trinajstić information content (AvgIpc) is 3.26. The van der Waals surface area contributed by atoms with Crippen LogP contribution >= 0.6 is 11.8 Å². The molecule has 130 valence electrons. The normalized spacial score (nSPS) is 22.3. The molecule has 1 N–H and O–H groups in total. The summed E-state index contributed by atoms with van der Waals surface area (Å²) >= 11 is 1.78. The van der Waals surface area contributed by atoms with E-state index in [0.29, 0.717) is 6.54 Å². The van der Waals surface area contributed by atoms with Crippen molar-refractivity contribution in [1.29, 1.82) is 0 Å². The number of amidine groups is 1. The standard InChI is InChI=1S/C19H21N2O3S/c1-23-16-7-3-14(4-8-16)19(22)13-20(18-21(19)11-12-25-18)15-5-9-17(24-2)10-6-15/h3-10,22H,11-13H2,1-2H3/q+1. The number of β-amino-alcohol motifs (C(OH)–C–C–N with tert-alkyl or cyclic N) is 1. The number of methoxy groups -OCH3 is 2. The van der Waals surface area contributed by atoms with E-state index in [1.165, 1.54) is 0 Å². The number of nitrogens with zero attached hydrogens (tertiary/aromatic N) is 2. The number of hydrogen-bond acceptors (Lipinski definition) is 5. The van der Waals surface area contributed by atoms with Crippen LogP contribution in [0.3, 0.4) is 0 Å². The Hall–Kier alpha value is -2.18. The molecule has 1 atom stereocenters. The Morgan fingerprint density at radius 3 is 2.20 bits per heavy atom. The molecule has 0 spiro atoms. The van der Waals surface area contributed by atoms with Gasteiger partial charge in [0.2, 0.25) is 0 Å². The number of ether oxygens (including phenoxy) is 2. The Bertz CT molecular complexity index is 804. The number of anilines is 1. The van der Waals surface area contributed by atoms with Gasteiger partial charge in [-0.05, 0) is 60.3 Å².